The Morgan fingerprint density at radius 1 is 1.24 bits per heavy atom. The van der Waals surface area contributed by atoms with Crippen LogP contribution in [0.15, 0.2) is 11.4 Å². The van der Waals surface area contributed by atoms with Crippen molar-refractivity contribution in [3.8, 4) is 0 Å². The van der Waals surface area contributed by atoms with Gasteiger partial charge in [-0.05, 0) is 36.3 Å². The third-order valence-electron chi connectivity index (χ3n) is 4.91. The second-order valence-electron chi connectivity index (χ2n) is 6.57. The molecule has 1 fully saturated rings. The first-order valence-electron chi connectivity index (χ1n) is 8.86. The van der Waals surface area contributed by atoms with Crippen LogP contribution in [-0.2, 0) is 32.1 Å². The van der Waals surface area contributed by atoms with E-state index in [1.54, 1.807) is 21.1 Å². The molecule has 1 unspecified atom stereocenters. The fourth-order valence-electron chi connectivity index (χ4n) is 3.42. The molecule has 2 amide bonds. The third kappa shape index (κ3) is 4.21. The second-order valence-corrected chi connectivity index (χ2v) is 7.58. The van der Waals surface area contributed by atoms with Crippen LogP contribution in [0.2, 0.25) is 0 Å². The number of nitrogens with zero attached hydrogens (tertiary/aromatic N) is 2. The molecule has 136 valence electrons. The van der Waals surface area contributed by atoms with E-state index in [4.69, 9.17) is 4.74 Å². The molecule has 0 saturated carbocycles. The molecule has 7 heteroatoms. The lowest BCUT2D eigenvalue weighted by atomic mass is 9.98. The minimum atomic E-state index is -0.366. The zero-order valence-electron chi connectivity index (χ0n) is 14.5. The van der Waals surface area contributed by atoms with E-state index < -0.39 is 0 Å². The molecule has 0 N–H and O–H groups in total. The summed E-state index contributed by atoms with van der Waals surface area (Å²) in [6.07, 6.45) is 2.82. The van der Waals surface area contributed by atoms with E-state index in [0.29, 0.717) is 39.0 Å². The molecule has 6 nitrogen and oxygen atoms in total. The number of amides is 2. The highest BCUT2D eigenvalue weighted by Crippen LogP contribution is 2.24. The molecule has 1 aromatic heterocycles. The maximum absolute atomic E-state index is 12.3. The Morgan fingerprint density at radius 2 is 2.08 bits per heavy atom. The molecule has 0 spiro atoms. The summed E-state index contributed by atoms with van der Waals surface area (Å²) in [6, 6.07) is 2.05. The number of fused-ring (bicyclic) bond motifs is 1. The molecule has 0 radical (unpaired) electrons. The van der Waals surface area contributed by atoms with Crippen LogP contribution in [0.25, 0.3) is 0 Å². The largest absolute Gasteiger partial charge is 0.455 e. The van der Waals surface area contributed by atoms with Crippen molar-refractivity contribution in [1.29, 1.82) is 0 Å². The molecule has 2 aliphatic rings. The average Bonchev–Trinajstić information content (AvgIpc) is 3.13. The molecular weight excluding hydrogens is 340 g/mol. The van der Waals surface area contributed by atoms with Crippen molar-refractivity contribution < 1.29 is 19.1 Å². The van der Waals surface area contributed by atoms with E-state index in [0.717, 1.165) is 12.8 Å². The van der Waals surface area contributed by atoms with Crippen LogP contribution in [0.1, 0.15) is 36.6 Å². The zero-order valence-corrected chi connectivity index (χ0v) is 15.3. The van der Waals surface area contributed by atoms with Gasteiger partial charge in [0.05, 0.1) is 5.92 Å². The minimum absolute atomic E-state index is 0.0634. The summed E-state index contributed by atoms with van der Waals surface area (Å²) in [5.74, 6) is -0.770. The van der Waals surface area contributed by atoms with E-state index in [-0.39, 0.29) is 30.3 Å². The van der Waals surface area contributed by atoms with Gasteiger partial charge >= 0.3 is 5.97 Å². The minimum Gasteiger partial charge on any atom is -0.455 e. The van der Waals surface area contributed by atoms with Gasteiger partial charge in [0, 0.05) is 37.5 Å². The highest BCUT2D eigenvalue weighted by molar-refractivity contribution is 7.10. The van der Waals surface area contributed by atoms with Crippen LogP contribution in [0, 0.1) is 5.92 Å². The quantitative estimate of drug-likeness (QED) is 0.765. The Morgan fingerprint density at radius 3 is 2.88 bits per heavy atom. The number of carbonyl (C=O) groups excluding carboxylic acids is 3. The summed E-state index contributed by atoms with van der Waals surface area (Å²) in [5.41, 5.74) is 1.19. The number of likely N-dealkylation sites (tertiary alicyclic amines) is 1. The summed E-state index contributed by atoms with van der Waals surface area (Å²) in [5, 5.41) is 2.05. The van der Waals surface area contributed by atoms with Gasteiger partial charge in [-0.3, -0.25) is 14.4 Å². The fourth-order valence-corrected chi connectivity index (χ4v) is 4.31. The first-order chi connectivity index (χ1) is 12.1. The molecule has 1 atom stereocenters. The maximum Gasteiger partial charge on any atom is 0.311 e. The van der Waals surface area contributed by atoms with Crippen molar-refractivity contribution >= 4 is 29.1 Å². The van der Waals surface area contributed by atoms with Gasteiger partial charge in [0.25, 0.3) is 5.91 Å². The molecule has 2 aliphatic heterocycles. The highest BCUT2D eigenvalue weighted by Gasteiger charge is 2.30. The molecular formula is C18H24N2O4S. The number of hydrogen-bond acceptors (Lipinski definition) is 5. The standard InChI is InChI=1S/C18H24N2O4S/c1-2-16(21)19-7-3-4-14(11-19)18(23)24-12-17(22)20-8-5-15-13(10-20)6-9-25-15/h6,9,14H,2-5,7-8,10-12H2,1H3. The van der Waals surface area contributed by atoms with Crippen molar-refractivity contribution in [3.63, 3.8) is 0 Å². The lowest BCUT2D eigenvalue weighted by Gasteiger charge is -2.31. The van der Waals surface area contributed by atoms with Crippen LogP contribution in [0.4, 0.5) is 0 Å². The number of hydrogen-bond donors (Lipinski definition) is 0. The molecule has 0 aromatic carbocycles. The molecule has 0 aliphatic carbocycles. The van der Waals surface area contributed by atoms with Crippen LogP contribution >= 0.6 is 11.3 Å². The van der Waals surface area contributed by atoms with E-state index in [1.165, 1.54) is 10.4 Å². The van der Waals surface area contributed by atoms with Gasteiger partial charge in [0.2, 0.25) is 5.91 Å². The predicted molar refractivity (Wildman–Crippen MR) is 94.0 cm³/mol. The summed E-state index contributed by atoms with van der Waals surface area (Å²) >= 11 is 1.72. The molecule has 3 rings (SSSR count). The van der Waals surface area contributed by atoms with E-state index in [9.17, 15) is 14.4 Å². The lowest BCUT2D eigenvalue weighted by Crippen LogP contribution is -2.43. The number of piperidine rings is 1. The molecule has 1 saturated heterocycles. The smallest absolute Gasteiger partial charge is 0.311 e. The molecule has 0 bridgehead atoms. The SMILES string of the molecule is CCC(=O)N1CCCC(C(=O)OCC(=O)N2CCc3sccc3C2)C1. The van der Waals surface area contributed by atoms with Crippen LogP contribution in [0.5, 0.6) is 0 Å². The number of carbonyl (C=O) groups is 3. The van der Waals surface area contributed by atoms with Gasteiger partial charge in [-0.1, -0.05) is 6.92 Å². The van der Waals surface area contributed by atoms with Gasteiger partial charge < -0.3 is 14.5 Å². The van der Waals surface area contributed by atoms with Gasteiger partial charge in [-0.15, -0.1) is 11.3 Å². The number of ether oxygens (including phenoxy) is 1. The monoisotopic (exact) mass is 364 g/mol. The van der Waals surface area contributed by atoms with Crippen molar-refractivity contribution in [2.75, 3.05) is 26.2 Å². The van der Waals surface area contributed by atoms with Gasteiger partial charge in [-0.25, -0.2) is 0 Å². The normalized spacial score (nSPS) is 20.1. The van der Waals surface area contributed by atoms with Crippen molar-refractivity contribution in [2.24, 2.45) is 5.92 Å². The summed E-state index contributed by atoms with van der Waals surface area (Å²) < 4.78 is 5.26. The Hall–Kier alpha value is -1.89. The fraction of sp³-hybridized carbons (Fsp3) is 0.611. The van der Waals surface area contributed by atoms with Crippen molar-refractivity contribution in [3.05, 3.63) is 21.9 Å². The Bertz CT molecular complexity index is 657. The van der Waals surface area contributed by atoms with Gasteiger partial charge in [0.1, 0.15) is 0 Å². The first-order valence-corrected chi connectivity index (χ1v) is 9.74. The Kier molecular flexibility index (Phi) is 5.73. The topological polar surface area (TPSA) is 66.9 Å². The summed E-state index contributed by atoms with van der Waals surface area (Å²) in [6.45, 7) is 3.98. The number of esters is 1. The van der Waals surface area contributed by atoms with Crippen molar-refractivity contribution in [2.45, 2.75) is 39.2 Å². The molecule has 25 heavy (non-hydrogen) atoms. The maximum atomic E-state index is 12.3. The van der Waals surface area contributed by atoms with E-state index >= 15 is 0 Å². The van der Waals surface area contributed by atoms with Crippen LogP contribution < -0.4 is 0 Å². The number of thiophene rings is 1. The lowest BCUT2D eigenvalue weighted by molar-refractivity contribution is -0.158. The summed E-state index contributed by atoms with van der Waals surface area (Å²) in [4.78, 5) is 41.2. The van der Waals surface area contributed by atoms with E-state index in [2.05, 4.69) is 0 Å². The highest BCUT2D eigenvalue weighted by atomic mass is 32.1. The summed E-state index contributed by atoms with van der Waals surface area (Å²) in [7, 11) is 0. The molecule has 3 heterocycles. The van der Waals surface area contributed by atoms with Crippen molar-refractivity contribution in [1.82, 2.24) is 9.80 Å². The second kappa shape index (κ2) is 7.99. The van der Waals surface area contributed by atoms with Gasteiger partial charge in [-0.2, -0.15) is 0 Å². The Labute approximate surface area is 151 Å². The van der Waals surface area contributed by atoms with Crippen LogP contribution in [0.3, 0.4) is 0 Å². The van der Waals surface area contributed by atoms with Crippen LogP contribution in [-0.4, -0.2) is 53.8 Å². The third-order valence-corrected chi connectivity index (χ3v) is 5.93. The number of rotatable bonds is 4. The van der Waals surface area contributed by atoms with Gasteiger partial charge in [0.15, 0.2) is 6.61 Å². The molecule has 1 aromatic rings. The zero-order chi connectivity index (χ0) is 17.8. The Balaban J connectivity index is 1.47. The first kappa shape index (κ1) is 17.9. The van der Waals surface area contributed by atoms with E-state index in [1.807, 2.05) is 18.4 Å². The predicted octanol–water partition coefficient (Wildman–Crippen LogP) is 1.82. The average molecular weight is 364 g/mol.